The smallest absolute Gasteiger partial charge is 0.408 e. The molecule has 39 heavy (non-hydrogen) atoms. The number of fused-ring (bicyclic) bond motifs is 2. The Morgan fingerprint density at radius 2 is 1.97 bits per heavy atom. The summed E-state index contributed by atoms with van der Waals surface area (Å²) in [6, 6.07) is 8.31. The van der Waals surface area contributed by atoms with Crippen molar-refractivity contribution in [1.82, 2.24) is 25.1 Å². The van der Waals surface area contributed by atoms with Crippen LogP contribution in [0.5, 0.6) is 0 Å². The zero-order valence-electron chi connectivity index (χ0n) is 22.5. The van der Waals surface area contributed by atoms with E-state index >= 15 is 0 Å². The van der Waals surface area contributed by atoms with Crippen molar-refractivity contribution in [2.75, 3.05) is 24.6 Å². The number of amides is 1. The SMILES string of the molecule is CC(C)(C)OC(=O)N[C@@H]1c2ccccc2CC12CCN(c1nc3c(nc1Cl)c(I)nn3C1CCCCO1)CC2. The van der Waals surface area contributed by atoms with Crippen LogP contribution >= 0.6 is 34.2 Å². The molecule has 2 saturated heterocycles. The Hall–Kier alpha value is -2.18. The van der Waals surface area contributed by atoms with Crippen molar-refractivity contribution in [3.05, 3.63) is 44.2 Å². The van der Waals surface area contributed by atoms with Crippen LogP contribution in [0.4, 0.5) is 10.6 Å². The molecule has 1 aromatic carbocycles. The fourth-order valence-electron chi connectivity index (χ4n) is 6.28. The van der Waals surface area contributed by atoms with E-state index in [9.17, 15) is 4.79 Å². The van der Waals surface area contributed by atoms with Crippen molar-refractivity contribution in [3.8, 4) is 0 Å². The summed E-state index contributed by atoms with van der Waals surface area (Å²) in [7, 11) is 0. The van der Waals surface area contributed by atoms with E-state index < -0.39 is 5.60 Å². The number of alkyl carbamates (subject to hydrolysis) is 1. The van der Waals surface area contributed by atoms with Crippen LogP contribution in [0, 0.1) is 9.12 Å². The van der Waals surface area contributed by atoms with E-state index in [2.05, 4.69) is 51.0 Å². The van der Waals surface area contributed by atoms with Gasteiger partial charge in [-0.25, -0.2) is 19.4 Å². The summed E-state index contributed by atoms with van der Waals surface area (Å²) in [4.78, 5) is 24.8. The van der Waals surface area contributed by atoms with Gasteiger partial charge >= 0.3 is 6.09 Å². The zero-order valence-corrected chi connectivity index (χ0v) is 25.5. The molecule has 9 nitrogen and oxygen atoms in total. The number of carbonyl (C=O) groups excluding carboxylic acids is 1. The molecule has 3 aliphatic rings. The van der Waals surface area contributed by atoms with Gasteiger partial charge in [0.05, 0.1) is 6.04 Å². The minimum atomic E-state index is -0.556. The third kappa shape index (κ3) is 5.19. The number of piperidine rings is 1. The molecular weight excluding hydrogens is 631 g/mol. The highest BCUT2D eigenvalue weighted by molar-refractivity contribution is 14.1. The van der Waals surface area contributed by atoms with Crippen molar-refractivity contribution in [3.63, 3.8) is 0 Å². The van der Waals surface area contributed by atoms with Gasteiger partial charge in [0.15, 0.2) is 26.5 Å². The van der Waals surface area contributed by atoms with Crippen LogP contribution in [0.2, 0.25) is 5.15 Å². The lowest BCUT2D eigenvalue weighted by Gasteiger charge is -2.44. The van der Waals surface area contributed by atoms with E-state index in [1.165, 1.54) is 11.1 Å². The largest absolute Gasteiger partial charge is 0.444 e. The van der Waals surface area contributed by atoms with Gasteiger partial charge in [0, 0.05) is 25.1 Å². The number of carbonyl (C=O) groups is 1. The van der Waals surface area contributed by atoms with E-state index in [-0.39, 0.29) is 23.8 Å². The molecule has 2 fully saturated rings. The van der Waals surface area contributed by atoms with Crippen LogP contribution < -0.4 is 10.2 Å². The van der Waals surface area contributed by atoms with Gasteiger partial charge in [-0.2, -0.15) is 5.10 Å². The molecule has 2 atom stereocenters. The van der Waals surface area contributed by atoms with E-state index in [0.29, 0.717) is 22.1 Å². The number of ether oxygens (including phenoxy) is 2. The lowest BCUT2D eigenvalue weighted by molar-refractivity contribution is -0.0372. The van der Waals surface area contributed by atoms with Crippen LogP contribution in [-0.4, -0.2) is 51.1 Å². The number of benzene rings is 1. The lowest BCUT2D eigenvalue weighted by atomic mass is 9.72. The highest BCUT2D eigenvalue weighted by atomic mass is 127. The standard InChI is InChI=1S/C28H34ClIN6O3/c1-27(2,3)39-26(37)32-21-18-9-5-4-8-17(18)16-28(21)11-13-35(14-12-28)25-22(29)31-20-23(30)34-36(24(20)33-25)19-10-6-7-15-38-19/h4-5,8-9,19,21H,6-7,10-16H2,1-3H3,(H,32,37)/t19?,21-/m1/s1. The van der Waals surface area contributed by atoms with Gasteiger partial charge in [-0.3, -0.25) is 0 Å². The second-order valence-corrected chi connectivity index (χ2v) is 13.3. The van der Waals surface area contributed by atoms with E-state index in [1.54, 1.807) is 0 Å². The molecule has 1 spiro atoms. The fourth-order valence-corrected chi connectivity index (χ4v) is 7.12. The number of anilines is 1. The molecule has 208 valence electrons. The number of aromatic nitrogens is 4. The Morgan fingerprint density at radius 3 is 2.69 bits per heavy atom. The predicted octanol–water partition coefficient (Wildman–Crippen LogP) is 6.19. The van der Waals surface area contributed by atoms with Gasteiger partial charge in [-0.15, -0.1) is 0 Å². The van der Waals surface area contributed by atoms with Crippen LogP contribution in [0.3, 0.4) is 0 Å². The minimum absolute atomic E-state index is 0.103. The Morgan fingerprint density at radius 1 is 1.21 bits per heavy atom. The van der Waals surface area contributed by atoms with E-state index in [0.717, 1.165) is 61.9 Å². The van der Waals surface area contributed by atoms with Crippen LogP contribution in [0.1, 0.15) is 76.3 Å². The summed E-state index contributed by atoms with van der Waals surface area (Å²) >= 11 is 8.92. The summed E-state index contributed by atoms with van der Waals surface area (Å²) in [5.74, 6) is 0.680. The maximum absolute atomic E-state index is 12.9. The number of rotatable bonds is 3. The Labute approximate surface area is 247 Å². The number of nitrogens with one attached hydrogen (secondary N) is 1. The van der Waals surface area contributed by atoms with Crippen LogP contribution in [0.25, 0.3) is 11.2 Å². The molecule has 1 amide bonds. The van der Waals surface area contributed by atoms with Crippen molar-refractivity contribution in [2.24, 2.45) is 5.41 Å². The van der Waals surface area contributed by atoms with Gasteiger partial charge in [0.2, 0.25) is 0 Å². The van der Waals surface area contributed by atoms with Gasteiger partial charge < -0.3 is 19.7 Å². The van der Waals surface area contributed by atoms with Crippen molar-refractivity contribution in [2.45, 2.75) is 77.2 Å². The second kappa shape index (κ2) is 10.3. The molecule has 4 heterocycles. The summed E-state index contributed by atoms with van der Waals surface area (Å²) in [5, 5.41) is 8.32. The number of halogens is 2. The topological polar surface area (TPSA) is 94.4 Å². The first-order valence-electron chi connectivity index (χ1n) is 13.7. The molecule has 1 aliphatic carbocycles. The van der Waals surface area contributed by atoms with E-state index in [1.807, 2.05) is 31.5 Å². The summed E-state index contributed by atoms with van der Waals surface area (Å²) in [5.41, 5.74) is 3.23. The maximum atomic E-state index is 12.9. The Kier molecular flexibility index (Phi) is 7.16. The van der Waals surface area contributed by atoms with Gasteiger partial charge in [-0.1, -0.05) is 35.9 Å². The number of hydrogen-bond donors (Lipinski definition) is 1. The average Bonchev–Trinajstić information content (AvgIpc) is 3.37. The lowest BCUT2D eigenvalue weighted by Crippen LogP contribution is -2.48. The van der Waals surface area contributed by atoms with Crippen LogP contribution in [0.15, 0.2) is 24.3 Å². The Balaban J connectivity index is 1.26. The normalized spacial score (nSPS) is 22.7. The first kappa shape index (κ1) is 27.0. The number of nitrogens with zero attached hydrogens (tertiary/aromatic N) is 5. The van der Waals surface area contributed by atoms with Crippen molar-refractivity contribution in [1.29, 1.82) is 0 Å². The predicted molar refractivity (Wildman–Crippen MR) is 158 cm³/mol. The molecule has 0 radical (unpaired) electrons. The molecule has 1 unspecified atom stereocenters. The van der Waals surface area contributed by atoms with Crippen molar-refractivity contribution >= 4 is 57.3 Å². The number of hydrogen-bond acceptors (Lipinski definition) is 7. The van der Waals surface area contributed by atoms with Crippen molar-refractivity contribution < 1.29 is 14.3 Å². The van der Waals surface area contributed by atoms with Gasteiger partial charge in [-0.05, 0) is 93.0 Å². The third-order valence-electron chi connectivity index (χ3n) is 8.10. The summed E-state index contributed by atoms with van der Waals surface area (Å²) < 4.78 is 14.3. The zero-order chi connectivity index (χ0) is 27.4. The van der Waals surface area contributed by atoms with Crippen LogP contribution in [-0.2, 0) is 15.9 Å². The molecule has 3 aromatic rings. The third-order valence-corrected chi connectivity index (χ3v) is 9.08. The molecule has 0 saturated carbocycles. The first-order chi connectivity index (χ1) is 18.6. The minimum Gasteiger partial charge on any atom is -0.444 e. The molecule has 2 aromatic heterocycles. The van der Waals surface area contributed by atoms with Gasteiger partial charge in [0.25, 0.3) is 0 Å². The highest BCUT2D eigenvalue weighted by Gasteiger charge is 2.49. The second-order valence-electron chi connectivity index (χ2n) is 11.9. The van der Waals surface area contributed by atoms with E-state index in [4.69, 9.17) is 36.1 Å². The highest BCUT2D eigenvalue weighted by Crippen LogP contribution is 2.52. The fraction of sp³-hybridized carbons (Fsp3) is 0.571. The molecule has 0 bridgehead atoms. The quantitative estimate of drug-likeness (QED) is 0.334. The molecule has 11 heteroatoms. The monoisotopic (exact) mass is 664 g/mol. The Bertz CT molecular complexity index is 1390. The molecular formula is C28H34ClIN6O3. The molecule has 1 N–H and O–H groups in total. The summed E-state index contributed by atoms with van der Waals surface area (Å²) in [6.45, 7) is 7.90. The first-order valence-corrected chi connectivity index (χ1v) is 15.1. The maximum Gasteiger partial charge on any atom is 0.408 e. The van der Waals surface area contributed by atoms with Gasteiger partial charge in [0.1, 0.15) is 11.1 Å². The molecule has 6 rings (SSSR count). The summed E-state index contributed by atoms with van der Waals surface area (Å²) in [6.07, 6.45) is 5.24. The average molecular weight is 665 g/mol. The molecule has 2 aliphatic heterocycles.